The van der Waals surface area contributed by atoms with Gasteiger partial charge in [-0.2, -0.15) is 0 Å². The number of anilines is 2. The van der Waals surface area contributed by atoms with E-state index in [-0.39, 0.29) is 0 Å². The Morgan fingerprint density at radius 2 is 1.80 bits per heavy atom. The van der Waals surface area contributed by atoms with Gasteiger partial charge in [-0.05, 0) is 69.3 Å². The van der Waals surface area contributed by atoms with Crippen LogP contribution in [-0.4, -0.2) is 17.1 Å². The van der Waals surface area contributed by atoms with Crippen LogP contribution in [-0.2, 0) is 0 Å². The maximum Gasteiger partial charge on any atom is 0.0738 e. The predicted octanol–water partition coefficient (Wildman–Crippen LogP) is 3.46. The molecule has 1 aromatic heterocycles. The minimum absolute atomic E-state index is 0.388. The van der Waals surface area contributed by atoms with Gasteiger partial charge >= 0.3 is 0 Å². The lowest BCUT2D eigenvalue weighted by Gasteiger charge is -2.61. The van der Waals surface area contributed by atoms with E-state index in [1.54, 1.807) is 6.20 Å². The lowest BCUT2D eigenvalue weighted by Crippen LogP contribution is -2.60. The third-order valence-electron chi connectivity index (χ3n) is 6.01. The quantitative estimate of drug-likeness (QED) is 0.915. The summed E-state index contributed by atoms with van der Waals surface area (Å²) < 4.78 is 0. The molecule has 5 rings (SSSR count). The number of nitrogen functional groups attached to an aromatic ring is 1. The Bertz CT molecular complexity index is 475. The molecule has 4 aliphatic carbocycles. The van der Waals surface area contributed by atoms with E-state index in [2.05, 4.69) is 22.9 Å². The molecule has 3 nitrogen and oxygen atoms in total. The molecule has 0 aromatic carbocycles. The maximum absolute atomic E-state index is 6.21. The zero-order chi connectivity index (χ0) is 13.7. The third-order valence-corrected chi connectivity index (χ3v) is 6.01. The summed E-state index contributed by atoms with van der Waals surface area (Å²) in [6.45, 7) is 3.33. The number of hydrogen-bond donors (Lipinski definition) is 1. The molecule has 4 bridgehead atoms. The highest BCUT2D eigenvalue weighted by Gasteiger charge is 2.53. The lowest BCUT2D eigenvalue weighted by atomic mass is 9.52. The van der Waals surface area contributed by atoms with E-state index >= 15 is 0 Å². The second-order valence-electron chi connectivity index (χ2n) is 7.32. The average molecular weight is 271 g/mol. The van der Waals surface area contributed by atoms with Gasteiger partial charge in [-0.15, -0.1) is 0 Å². The predicted molar refractivity (Wildman–Crippen MR) is 82.6 cm³/mol. The van der Waals surface area contributed by atoms with E-state index < -0.39 is 0 Å². The van der Waals surface area contributed by atoms with E-state index in [9.17, 15) is 0 Å². The van der Waals surface area contributed by atoms with Gasteiger partial charge in [0, 0.05) is 18.3 Å². The highest BCUT2D eigenvalue weighted by atomic mass is 15.2. The summed E-state index contributed by atoms with van der Waals surface area (Å²) in [4.78, 5) is 6.78. The van der Waals surface area contributed by atoms with Crippen molar-refractivity contribution in [3.05, 3.63) is 18.5 Å². The summed E-state index contributed by atoms with van der Waals surface area (Å²) >= 11 is 0. The molecule has 1 aromatic rings. The van der Waals surface area contributed by atoms with Crippen molar-refractivity contribution in [1.29, 1.82) is 0 Å². The SMILES string of the molecule is CCN(c1ccncc1N)C12CC3CC(CC(C3)C1)C2. The molecule has 0 radical (unpaired) electrons. The lowest BCUT2D eigenvalue weighted by molar-refractivity contribution is -0.00383. The Kier molecular flexibility index (Phi) is 2.73. The highest BCUT2D eigenvalue weighted by molar-refractivity contribution is 5.67. The fraction of sp³-hybridized carbons (Fsp3) is 0.706. The summed E-state index contributed by atoms with van der Waals surface area (Å²) in [5, 5.41) is 0. The average Bonchev–Trinajstić information content (AvgIpc) is 2.40. The first-order chi connectivity index (χ1) is 9.70. The van der Waals surface area contributed by atoms with Gasteiger partial charge in [0.1, 0.15) is 0 Å². The third kappa shape index (κ3) is 1.75. The van der Waals surface area contributed by atoms with E-state index in [4.69, 9.17) is 5.73 Å². The minimum atomic E-state index is 0.388. The molecule has 0 aliphatic heterocycles. The number of nitrogens with two attached hydrogens (primary N) is 1. The van der Waals surface area contributed by atoms with E-state index in [1.165, 1.54) is 44.2 Å². The molecule has 0 saturated heterocycles. The first kappa shape index (κ1) is 12.5. The van der Waals surface area contributed by atoms with Crippen LogP contribution in [0.25, 0.3) is 0 Å². The molecule has 1 heterocycles. The number of hydrogen-bond acceptors (Lipinski definition) is 3. The van der Waals surface area contributed by atoms with Crippen LogP contribution in [0, 0.1) is 17.8 Å². The van der Waals surface area contributed by atoms with Crippen molar-refractivity contribution < 1.29 is 0 Å². The van der Waals surface area contributed by atoms with Crippen molar-refractivity contribution in [3.63, 3.8) is 0 Å². The van der Waals surface area contributed by atoms with Crippen molar-refractivity contribution in [2.45, 2.75) is 51.0 Å². The summed E-state index contributed by atoms with van der Waals surface area (Å²) in [6.07, 6.45) is 12.3. The van der Waals surface area contributed by atoms with Gasteiger partial charge in [0.25, 0.3) is 0 Å². The normalized spacial score (nSPS) is 38.1. The van der Waals surface area contributed by atoms with Crippen LogP contribution in [0.5, 0.6) is 0 Å². The number of rotatable bonds is 3. The van der Waals surface area contributed by atoms with Gasteiger partial charge < -0.3 is 10.6 Å². The Morgan fingerprint density at radius 1 is 1.20 bits per heavy atom. The second-order valence-corrected chi connectivity index (χ2v) is 7.32. The largest absolute Gasteiger partial charge is 0.396 e. The van der Waals surface area contributed by atoms with Gasteiger partial charge in [0.15, 0.2) is 0 Å². The van der Waals surface area contributed by atoms with Crippen LogP contribution in [0.4, 0.5) is 11.4 Å². The molecule has 20 heavy (non-hydrogen) atoms. The van der Waals surface area contributed by atoms with Crippen molar-refractivity contribution in [2.24, 2.45) is 17.8 Å². The molecule has 4 fully saturated rings. The monoisotopic (exact) mass is 271 g/mol. The van der Waals surface area contributed by atoms with Crippen LogP contribution < -0.4 is 10.6 Å². The summed E-state index contributed by atoms with van der Waals surface area (Å²) in [7, 11) is 0. The van der Waals surface area contributed by atoms with Crippen LogP contribution in [0.2, 0.25) is 0 Å². The van der Waals surface area contributed by atoms with Crippen LogP contribution in [0.3, 0.4) is 0 Å². The van der Waals surface area contributed by atoms with Crippen molar-refractivity contribution >= 4 is 11.4 Å². The van der Waals surface area contributed by atoms with Gasteiger partial charge in [-0.25, -0.2) is 0 Å². The van der Waals surface area contributed by atoms with Gasteiger partial charge in [0.05, 0.1) is 17.6 Å². The van der Waals surface area contributed by atoms with Crippen molar-refractivity contribution in [2.75, 3.05) is 17.2 Å². The molecule has 0 amide bonds. The number of aromatic nitrogens is 1. The number of nitrogens with zero attached hydrogens (tertiary/aromatic N) is 2. The van der Waals surface area contributed by atoms with E-state index in [1.807, 2.05) is 6.20 Å². The molecule has 4 aliphatic rings. The van der Waals surface area contributed by atoms with E-state index in [0.717, 1.165) is 30.0 Å². The molecular formula is C17H25N3. The van der Waals surface area contributed by atoms with E-state index in [0.29, 0.717) is 5.54 Å². The summed E-state index contributed by atoms with van der Waals surface area (Å²) in [5.41, 5.74) is 8.65. The Morgan fingerprint density at radius 3 is 2.30 bits per heavy atom. The summed E-state index contributed by atoms with van der Waals surface area (Å²) in [5.74, 6) is 2.91. The molecule has 3 heteroatoms. The Hall–Kier alpha value is -1.25. The topological polar surface area (TPSA) is 42.2 Å². The zero-order valence-electron chi connectivity index (χ0n) is 12.4. The highest BCUT2D eigenvalue weighted by Crippen LogP contribution is 2.58. The Balaban J connectivity index is 1.73. The van der Waals surface area contributed by atoms with Gasteiger partial charge in [0.2, 0.25) is 0 Å². The van der Waals surface area contributed by atoms with Crippen LogP contribution >= 0.6 is 0 Å². The first-order valence-electron chi connectivity index (χ1n) is 8.17. The zero-order valence-corrected chi connectivity index (χ0v) is 12.4. The maximum atomic E-state index is 6.21. The molecule has 0 unspecified atom stereocenters. The molecule has 0 atom stereocenters. The molecule has 4 saturated carbocycles. The smallest absolute Gasteiger partial charge is 0.0738 e. The minimum Gasteiger partial charge on any atom is -0.396 e. The first-order valence-corrected chi connectivity index (χ1v) is 8.17. The fourth-order valence-electron chi connectivity index (χ4n) is 5.80. The molecular weight excluding hydrogens is 246 g/mol. The molecule has 108 valence electrons. The van der Waals surface area contributed by atoms with Crippen LogP contribution in [0.15, 0.2) is 18.5 Å². The number of pyridine rings is 1. The van der Waals surface area contributed by atoms with Crippen molar-refractivity contribution in [1.82, 2.24) is 4.98 Å². The fourth-order valence-corrected chi connectivity index (χ4v) is 5.80. The molecule has 2 N–H and O–H groups in total. The Labute approximate surface area is 121 Å². The van der Waals surface area contributed by atoms with Gasteiger partial charge in [-0.3, -0.25) is 4.98 Å². The standard InChI is InChI=1S/C17H25N3/c1-2-20(16-3-4-19-11-15(16)18)17-8-12-5-13(9-17)7-14(6-12)10-17/h3-4,11-14H,2,5-10,18H2,1H3. The van der Waals surface area contributed by atoms with Crippen LogP contribution in [0.1, 0.15) is 45.4 Å². The molecule has 0 spiro atoms. The van der Waals surface area contributed by atoms with Crippen molar-refractivity contribution in [3.8, 4) is 0 Å². The summed E-state index contributed by atoms with van der Waals surface area (Å²) in [6, 6.07) is 2.11. The second kappa shape index (κ2) is 4.37. The van der Waals surface area contributed by atoms with Gasteiger partial charge in [-0.1, -0.05) is 0 Å².